The quantitative estimate of drug-likeness (QED) is 0.507. The van der Waals surface area contributed by atoms with Crippen molar-refractivity contribution in [2.24, 2.45) is 0 Å². The highest BCUT2D eigenvalue weighted by atomic mass is 16.5. The fraction of sp³-hybridized carbons (Fsp3) is 0.929. The Kier molecular flexibility index (Phi) is 8.01. The third-order valence-electron chi connectivity index (χ3n) is 3.75. The van der Waals surface area contributed by atoms with E-state index in [1.165, 1.54) is 32.8 Å². The van der Waals surface area contributed by atoms with Gasteiger partial charge in [0.2, 0.25) is 0 Å². The van der Waals surface area contributed by atoms with Crippen molar-refractivity contribution in [3.05, 3.63) is 0 Å². The van der Waals surface area contributed by atoms with Gasteiger partial charge in [-0.05, 0) is 32.2 Å². The molecule has 0 spiro atoms. The maximum atomic E-state index is 11.4. The molecule has 0 aromatic heterocycles. The summed E-state index contributed by atoms with van der Waals surface area (Å²) in [5.41, 5.74) is 0. The monoisotopic (exact) mass is 257 g/mol. The molecule has 106 valence electrons. The minimum Gasteiger partial charge on any atom is -0.468 e. The lowest BCUT2D eigenvalue weighted by molar-refractivity contribution is -0.142. The Hall–Kier alpha value is -0.610. The van der Waals surface area contributed by atoms with Gasteiger partial charge in [-0.15, -0.1) is 0 Å². The molecule has 0 aliphatic heterocycles. The first kappa shape index (κ1) is 15.4. The van der Waals surface area contributed by atoms with E-state index in [0.29, 0.717) is 12.6 Å². The molecular weight excluding hydrogens is 230 g/mol. The molecule has 0 unspecified atom stereocenters. The third-order valence-corrected chi connectivity index (χ3v) is 3.75. The van der Waals surface area contributed by atoms with Gasteiger partial charge in [-0.1, -0.05) is 25.7 Å². The Morgan fingerprint density at radius 3 is 2.50 bits per heavy atom. The van der Waals surface area contributed by atoms with Gasteiger partial charge in [0.1, 0.15) is 0 Å². The van der Waals surface area contributed by atoms with Crippen molar-refractivity contribution in [2.75, 3.05) is 26.8 Å². The smallest absolute Gasteiger partial charge is 0.319 e. The molecule has 18 heavy (non-hydrogen) atoms. The van der Waals surface area contributed by atoms with Gasteiger partial charge in [-0.3, -0.25) is 9.69 Å². The zero-order valence-corrected chi connectivity index (χ0v) is 11.6. The van der Waals surface area contributed by atoms with Crippen LogP contribution in [0.1, 0.15) is 51.4 Å². The molecular formula is C14H27NO3. The number of aliphatic hydroxyl groups is 1. The van der Waals surface area contributed by atoms with Gasteiger partial charge in [0.05, 0.1) is 13.7 Å². The number of nitrogens with zero attached hydrogens (tertiary/aromatic N) is 1. The van der Waals surface area contributed by atoms with E-state index in [9.17, 15) is 4.79 Å². The van der Waals surface area contributed by atoms with E-state index in [2.05, 4.69) is 4.90 Å². The molecule has 0 radical (unpaired) electrons. The van der Waals surface area contributed by atoms with Crippen LogP contribution in [-0.2, 0) is 9.53 Å². The van der Waals surface area contributed by atoms with Crippen LogP contribution < -0.4 is 0 Å². The first-order chi connectivity index (χ1) is 8.77. The van der Waals surface area contributed by atoms with Crippen molar-refractivity contribution >= 4 is 5.97 Å². The van der Waals surface area contributed by atoms with E-state index >= 15 is 0 Å². The summed E-state index contributed by atoms with van der Waals surface area (Å²) in [5, 5.41) is 8.73. The van der Waals surface area contributed by atoms with Gasteiger partial charge in [0, 0.05) is 12.6 Å². The molecule has 4 nitrogen and oxygen atoms in total. The van der Waals surface area contributed by atoms with Crippen LogP contribution in [-0.4, -0.2) is 48.8 Å². The van der Waals surface area contributed by atoms with Gasteiger partial charge in [-0.25, -0.2) is 0 Å². The van der Waals surface area contributed by atoms with Crippen LogP contribution in [0.5, 0.6) is 0 Å². The number of aliphatic hydroxyl groups excluding tert-OH is 1. The first-order valence-electron chi connectivity index (χ1n) is 7.19. The second-order valence-corrected chi connectivity index (χ2v) is 5.12. The standard InChI is InChI=1S/C14H27NO3/c1-18-14(17)12-15(13-8-4-5-9-13)10-6-2-3-7-11-16/h13,16H,2-12H2,1H3. The summed E-state index contributed by atoms with van der Waals surface area (Å²) in [6.07, 6.45) is 9.20. The van der Waals surface area contributed by atoms with Crippen molar-refractivity contribution in [2.45, 2.75) is 57.4 Å². The number of hydrogen-bond acceptors (Lipinski definition) is 4. The van der Waals surface area contributed by atoms with Crippen LogP contribution in [0.3, 0.4) is 0 Å². The molecule has 1 saturated carbocycles. The Balaban J connectivity index is 2.27. The van der Waals surface area contributed by atoms with Gasteiger partial charge < -0.3 is 9.84 Å². The number of hydrogen-bond donors (Lipinski definition) is 1. The minimum atomic E-state index is -0.128. The maximum Gasteiger partial charge on any atom is 0.319 e. The molecule has 1 fully saturated rings. The van der Waals surface area contributed by atoms with E-state index in [-0.39, 0.29) is 12.6 Å². The second-order valence-electron chi connectivity index (χ2n) is 5.12. The SMILES string of the molecule is COC(=O)CN(CCCCCCO)C1CCCC1. The molecule has 0 aromatic carbocycles. The molecule has 0 bridgehead atoms. The van der Waals surface area contributed by atoms with Crippen molar-refractivity contribution in [3.8, 4) is 0 Å². The Bertz CT molecular complexity index is 227. The summed E-state index contributed by atoms with van der Waals surface area (Å²) in [5.74, 6) is -0.128. The summed E-state index contributed by atoms with van der Waals surface area (Å²) < 4.78 is 4.77. The van der Waals surface area contributed by atoms with E-state index in [1.807, 2.05) is 0 Å². The largest absolute Gasteiger partial charge is 0.468 e. The number of unbranched alkanes of at least 4 members (excludes halogenated alkanes) is 3. The number of carbonyl (C=O) groups excluding carboxylic acids is 1. The summed E-state index contributed by atoms with van der Waals surface area (Å²) in [6, 6.07) is 0.571. The maximum absolute atomic E-state index is 11.4. The lowest BCUT2D eigenvalue weighted by Crippen LogP contribution is -2.38. The van der Waals surface area contributed by atoms with Crippen LogP contribution in [0, 0.1) is 0 Å². The summed E-state index contributed by atoms with van der Waals surface area (Å²) in [4.78, 5) is 13.7. The fourth-order valence-electron chi connectivity index (χ4n) is 2.67. The summed E-state index contributed by atoms with van der Waals surface area (Å²) >= 11 is 0. The Morgan fingerprint density at radius 1 is 1.22 bits per heavy atom. The number of rotatable bonds is 9. The van der Waals surface area contributed by atoms with Crippen LogP contribution in [0.25, 0.3) is 0 Å². The Labute approximate surface area is 110 Å². The molecule has 1 N–H and O–H groups in total. The van der Waals surface area contributed by atoms with Crippen molar-refractivity contribution in [1.82, 2.24) is 4.90 Å². The third kappa shape index (κ3) is 5.83. The number of esters is 1. The van der Waals surface area contributed by atoms with Crippen LogP contribution in [0.15, 0.2) is 0 Å². The van der Waals surface area contributed by atoms with Crippen LogP contribution in [0.4, 0.5) is 0 Å². The predicted molar refractivity (Wildman–Crippen MR) is 71.4 cm³/mol. The van der Waals surface area contributed by atoms with E-state index < -0.39 is 0 Å². The zero-order chi connectivity index (χ0) is 13.2. The zero-order valence-electron chi connectivity index (χ0n) is 11.6. The van der Waals surface area contributed by atoms with Gasteiger partial charge in [0.15, 0.2) is 0 Å². The van der Waals surface area contributed by atoms with E-state index in [0.717, 1.165) is 32.2 Å². The summed E-state index contributed by atoms with van der Waals surface area (Å²) in [6.45, 7) is 1.70. The lowest BCUT2D eigenvalue weighted by atomic mass is 10.1. The fourth-order valence-corrected chi connectivity index (χ4v) is 2.67. The van der Waals surface area contributed by atoms with Gasteiger partial charge in [-0.2, -0.15) is 0 Å². The predicted octanol–water partition coefficient (Wildman–Crippen LogP) is 1.96. The minimum absolute atomic E-state index is 0.128. The summed E-state index contributed by atoms with van der Waals surface area (Å²) in [7, 11) is 1.45. The molecule has 1 aliphatic carbocycles. The molecule has 0 saturated heterocycles. The molecule has 1 aliphatic rings. The number of ether oxygens (including phenoxy) is 1. The molecule has 1 rings (SSSR count). The van der Waals surface area contributed by atoms with Crippen molar-refractivity contribution in [1.29, 1.82) is 0 Å². The average molecular weight is 257 g/mol. The van der Waals surface area contributed by atoms with E-state index in [4.69, 9.17) is 9.84 Å². The van der Waals surface area contributed by atoms with Gasteiger partial charge >= 0.3 is 5.97 Å². The van der Waals surface area contributed by atoms with Crippen LogP contribution in [0.2, 0.25) is 0 Å². The number of carbonyl (C=O) groups is 1. The number of methoxy groups -OCH3 is 1. The highest BCUT2D eigenvalue weighted by molar-refractivity contribution is 5.71. The topological polar surface area (TPSA) is 49.8 Å². The Morgan fingerprint density at radius 2 is 1.89 bits per heavy atom. The highest BCUT2D eigenvalue weighted by Gasteiger charge is 2.24. The molecule has 4 heteroatoms. The molecule has 0 atom stereocenters. The molecule has 0 amide bonds. The average Bonchev–Trinajstić information content (AvgIpc) is 2.90. The molecule has 0 heterocycles. The van der Waals surface area contributed by atoms with Crippen LogP contribution >= 0.6 is 0 Å². The lowest BCUT2D eigenvalue weighted by Gasteiger charge is -2.27. The normalized spacial score (nSPS) is 16.4. The molecule has 0 aromatic rings. The van der Waals surface area contributed by atoms with E-state index in [1.54, 1.807) is 0 Å². The van der Waals surface area contributed by atoms with Crippen molar-refractivity contribution in [3.63, 3.8) is 0 Å². The van der Waals surface area contributed by atoms with Gasteiger partial charge in [0.25, 0.3) is 0 Å². The second kappa shape index (κ2) is 9.34. The highest BCUT2D eigenvalue weighted by Crippen LogP contribution is 2.23. The van der Waals surface area contributed by atoms with Crippen molar-refractivity contribution < 1.29 is 14.6 Å². The first-order valence-corrected chi connectivity index (χ1v) is 7.19.